The molecule has 1 aromatic rings. The van der Waals surface area contributed by atoms with E-state index in [1.807, 2.05) is 0 Å². The topological polar surface area (TPSA) is 109 Å². The Bertz CT molecular complexity index is 705. The normalized spacial score (nSPS) is 25.3. The smallest absolute Gasteiger partial charge is 0.393 e. The third kappa shape index (κ3) is 3.65. The average molecular weight is 352 g/mol. The molecule has 3 atom stereocenters. The summed E-state index contributed by atoms with van der Waals surface area (Å²) >= 11 is 0. The number of hydrogen-bond donors (Lipinski definition) is 3. The van der Waals surface area contributed by atoms with Crippen LogP contribution in [0, 0.1) is 5.92 Å². The lowest BCUT2D eigenvalue weighted by Gasteiger charge is -2.15. The second kappa shape index (κ2) is 6.10. The van der Waals surface area contributed by atoms with Crippen LogP contribution in [0.4, 0.5) is 18.9 Å². The molecule has 23 heavy (non-hydrogen) atoms. The van der Waals surface area contributed by atoms with Gasteiger partial charge in [-0.2, -0.15) is 13.2 Å². The Kier molecular flexibility index (Phi) is 4.69. The SMILES string of the molecule is N[C@@H]1C[C@H](O)C[C@@H]1C(=O)Nc1cccc(S(=O)(=O)C(F)(F)F)c1. The maximum absolute atomic E-state index is 12.5. The molecule has 1 aliphatic carbocycles. The third-order valence-corrected chi connectivity index (χ3v) is 5.12. The lowest BCUT2D eigenvalue weighted by molar-refractivity contribution is -0.120. The molecule has 10 heteroatoms. The van der Waals surface area contributed by atoms with Crippen LogP contribution in [0.3, 0.4) is 0 Å². The predicted molar refractivity (Wildman–Crippen MR) is 75.0 cm³/mol. The number of rotatable bonds is 3. The Morgan fingerprint density at radius 2 is 1.96 bits per heavy atom. The van der Waals surface area contributed by atoms with E-state index in [-0.39, 0.29) is 18.5 Å². The number of carbonyl (C=O) groups is 1. The van der Waals surface area contributed by atoms with Crippen LogP contribution >= 0.6 is 0 Å². The summed E-state index contributed by atoms with van der Waals surface area (Å²) in [5.41, 5.74) is 0.203. The van der Waals surface area contributed by atoms with Crippen molar-refractivity contribution in [2.24, 2.45) is 11.7 Å². The fraction of sp³-hybridized carbons (Fsp3) is 0.462. The van der Waals surface area contributed by atoms with Gasteiger partial charge >= 0.3 is 5.51 Å². The standard InChI is InChI=1S/C13H15F3N2O4S/c14-13(15,16)23(21,22)9-3-1-2-7(4-9)18-12(20)10-5-8(19)6-11(10)17/h1-4,8,10-11,19H,5-6,17H2,(H,18,20)/t8-,10+,11-/m1/s1. The van der Waals surface area contributed by atoms with Crippen molar-refractivity contribution < 1.29 is 31.5 Å². The van der Waals surface area contributed by atoms with Crippen LogP contribution in [-0.2, 0) is 14.6 Å². The molecule has 0 bridgehead atoms. The van der Waals surface area contributed by atoms with E-state index < -0.39 is 44.2 Å². The molecule has 0 heterocycles. The zero-order chi connectivity index (χ0) is 17.4. The van der Waals surface area contributed by atoms with Gasteiger partial charge in [0, 0.05) is 11.7 Å². The lowest BCUT2D eigenvalue weighted by atomic mass is 10.0. The first-order valence-corrected chi connectivity index (χ1v) is 8.16. The minimum Gasteiger partial charge on any atom is -0.393 e. The van der Waals surface area contributed by atoms with Gasteiger partial charge in [0.05, 0.1) is 16.9 Å². The molecule has 1 saturated carbocycles. The number of hydrogen-bond acceptors (Lipinski definition) is 5. The number of nitrogens with one attached hydrogen (secondary N) is 1. The first-order valence-electron chi connectivity index (χ1n) is 6.68. The maximum atomic E-state index is 12.5. The van der Waals surface area contributed by atoms with E-state index in [1.165, 1.54) is 6.07 Å². The lowest BCUT2D eigenvalue weighted by Crippen LogP contribution is -2.34. The molecule has 1 amide bonds. The Balaban J connectivity index is 2.20. The van der Waals surface area contributed by atoms with Crippen LogP contribution in [0.25, 0.3) is 0 Å². The zero-order valence-corrected chi connectivity index (χ0v) is 12.6. The van der Waals surface area contributed by atoms with Gasteiger partial charge in [-0.1, -0.05) is 6.07 Å². The molecule has 1 aliphatic rings. The van der Waals surface area contributed by atoms with Crippen LogP contribution in [0.5, 0.6) is 0 Å². The van der Waals surface area contributed by atoms with E-state index in [0.29, 0.717) is 0 Å². The van der Waals surface area contributed by atoms with Crippen molar-refractivity contribution in [3.05, 3.63) is 24.3 Å². The van der Waals surface area contributed by atoms with Gasteiger partial charge in [-0.05, 0) is 31.0 Å². The molecule has 128 valence electrons. The minimum atomic E-state index is -5.49. The minimum absolute atomic E-state index is 0.0890. The molecule has 0 saturated heterocycles. The summed E-state index contributed by atoms with van der Waals surface area (Å²) in [6.07, 6.45) is -0.314. The largest absolute Gasteiger partial charge is 0.501 e. The first-order chi connectivity index (χ1) is 10.5. The summed E-state index contributed by atoms with van der Waals surface area (Å²) < 4.78 is 60.3. The number of aliphatic hydroxyl groups excluding tert-OH is 1. The van der Waals surface area contributed by atoms with Crippen molar-refractivity contribution in [1.29, 1.82) is 0 Å². The summed E-state index contributed by atoms with van der Waals surface area (Å²) in [5.74, 6) is -1.26. The van der Waals surface area contributed by atoms with Gasteiger partial charge in [0.1, 0.15) is 0 Å². The van der Waals surface area contributed by atoms with Gasteiger partial charge in [-0.25, -0.2) is 8.42 Å². The molecule has 6 nitrogen and oxygen atoms in total. The Morgan fingerprint density at radius 3 is 2.48 bits per heavy atom. The number of alkyl halides is 3. The average Bonchev–Trinajstić information content (AvgIpc) is 2.77. The summed E-state index contributed by atoms with van der Waals surface area (Å²) in [4.78, 5) is 11.1. The van der Waals surface area contributed by atoms with Gasteiger partial charge in [0.15, 0.2) is 0 Å². The van der Waals surface area contributed by atoms with E-state index in [9.17, 15) is 31.5 Å². The molecule has 1 fully saturated rings. The molecule has 0 radical (unpaired) electrons. The summed E-state index contributed by atoms with van der Waals surface area (Å²) in [6.45, 7) is 0. The Morgan fingerprint density at radius 1 is 1.30 bits per heavy atom. The monoisotopic (exact) mass is 352 g/mol. The maximum Gasteiger partial charge on any atom is 0.501 e. The zero-order valence-electron chi connectivity index (χ0n) is 11.7. The quantitative estimate of drug-likeness (QED) is 0.752. The van der Waals surface area contributed by atoms with E-state index in [1.54, 1.807) is 0 Å². The number of aliphatic hydroxyl groups is 1. The predicted octanol–water partition coefficient (Wildman–Crippen LogP) is 1.02. The summed E-state index contributed by atoms with van der Waals surface area (Å²) in [5, 5.41) is 11.8. The summed E-state index contributed by atoms with van der Waals surface area (Å²) in [7, 11) is -5.49. The van der Waals surface area contributed by atoms with Gasteiger partial charge in [-0.3, -0.25) is 4.79 Å². The highest BCUT2D eigenvalue weighted by atomic mass is 32.2. The fourth-order valence-corrected chi connectivity index (χ4v) is 3.26. The van der Waals surface area contributed by atoms with E-state index in [0.717, 1.165) is 18.2 Å². The number of benzene rings is 1. The summed E-state index contributed by atoms with van der Waals surface area (Å²) in [6, 6.07) is 3.33. The van der Waals surface area contributed by atoms with Crippen LogP contribution in [0.15, 0.2) is 29.2 Å². The van der Waals surface area contributed by atoms with Crippen molar-refractivity contribution in [3.8, 4) is 0 Å². The third-order valence-electron chi connectivity index (χ3n) is 3.64. The van der Waals surface area contributed by atoms with Crippen LogP contribution in [-0.4, -0.2) is 37.1 Å². The van der Waals surface area contributed by atoms with E-state index >= 15 is 0 Å². The number of amides is 1. The highest BCUT2D eigenvalue weighted by Gasteiger charge is 2.47. The van der Waals surface area contributed by atoms with Crippen molar-refractivity contribution in [2.45, 2.75) is 35.4 Å². The van der Waals surface area contributed by atoms with Crippen molar-refractivity contribution in [2.75, 3.05) is 5.32 Å². The Hall–Kier alpha value is -1.65. The second-order valence-electron chi connectivity index (χ2n) is 5.36. The molecular weight excluding hydrogens is 337 g/mol. The van der Waals surface area contributed by atoms with E-state index in [4.69, 9.17) is 5.73 Å². The number of carbonyl (C=O) groups excluding carboxylic acids is 1. The van der Waals surface area contributed by atoms with Crippen molar-refractivity contribution >= 4 is 21.4 Å². The number of anilines is 1. The van der Waals surface area contributed by atoms with E-state index in [2.05, 4.69) is 5.32 Å². The number of sulfone groups is 1. The fourth-order valence-electron chi connectivity index (χ4n) is 2.45. The van der Waals surface area contributed by atoms with Crippen LogP contribution in [0.1, 0.15) is 12.8 Å². The molecule has 1 aromatic carbocycles. The van der Waals surface area contributed by atoms with Gasteiger partial charge in [0.2, 0.25) is 5.91 Å². The Labute approximate surface area is 130 Å². The highest BCUT2D eigenvalue weighted by molar-refractivity contribution is 7.92. The highest BCUT2D eigenvalue weighted by Crippen LogP contribution is 2.32. The molecule has 0 unspecified atom stereocenters. The van der Waals surface area contributed by atoms with Gasteiger partial charge < -0.3 is 16.2 Å². The van der Waals surface area contributed by atoms with Gasteiger partial charge in [-0.15, -0.1) is 0 Å². The van der Waals surface area contributed by atoms with Crippen molar-refractivity contribution in [1.82, 2.24) is 0 Å². The molecule has 0 spiro atoms. The molecule has 2 rings (SSSR count). The molecule has 0 aliphatic heterocycles. The van der Waals surface area contributed by atoms with Crippen LogP contribution in [0.2, 0.25) is 0 Å². The van der Waals surface area contributed by atoms with Crippen LogP contribution < -0.4 is 11.1 Å². The molecular formula is C13H15F3N2O4S. The number of nitrogens with two attached hydrogens (primary N) is 1. The first kappa shape index (κ1) is 17.7. The number of halogens is 3. The van der Waals surface area contributed by atoms with Crippen molar-refractivity contribution in [3.63, 3.8) is 0 Å². The van der Waals surface area contributed by atoms with Gasteiger partial charge in [0.25, 0.3) is 9.84 Å². The molecule has 0 aromatic heterocycles. The second-order valence-corrected chi connectivity index (χ2v) is 7.30. The molecule has 4 N–H and O–H groups in total.